The number of halogens is 1. The standard InChI is InChI=1S/C33H48FN5O6/c1-21(2)35-33(43)38(6)19-30-22(3)18-39(23(4)20-40)31(41)28-17-27(37-32(42)36-26-12-10-25(34)11-13-26)14-15-29(28)45-24(5)9-7-8-16-44-30/h10-15,17,21-24,30,40H,7-9,16,18-20H2,1-6H3,(H,35,43)(H2,36,37,42)/t22-,23+,24+,30-/m1/s1. The van der Waals surface area contributed by atoms with Gasteiger partial charge in [0.1, 0.15) is 11.6 Å². The summed E-state index contributed by atoms with van der Waals surface area (Å²) in [5.74, 6) is -0.631. The van der Waals surface area contributed by atoms with E-state index in [1.807, 2.05) is 27.7 Å². The molecule has 1 aliphatic rings. The van der Waals surface area contributed by atoms with E-state index in [-0.39, 0.29) is 54.8 Å². The fraction of sp³-hybridized carbons (Fsp3) is 0.545. The van der Waals surface area contributed by atoms with Crippen molar-refractivity contribution in [2.45, 2.75) is 78.2 Å². The van der Waals surface area contributed by atoms with Crippen LogP contribution in [0.1, 0.15) is 64.2 Å². The predicted molar refractivity (Wildman–Crippen MR) is 172 cm³/mol. The van der Waals surface area contributed by atoms with Gasteiger partial charge in [-0.3, -0.25) is 4.79 Å². The van der Waals surface area contributed by atoms with Crippen LogP contribution in [0.4, 0.5) is 25.4 Å². The number of urea groups is 2. The van der Waals surface area contributed by atoms with Gasteiger partial charge in [0, 0.05) is 50.1 Å². The Morgan fingerprint density at radius 2 is 1.73 bits per heavy atom. The first kappa shape index (κ1) is 35.6. The number of fused-ring (bicyclic) bond motifs is 1. The molecule has 0 unspecified atom stereocenters. The van der Waals surface area contributed by atoms with Crippen molar-refractivity contribution >= 4 is 29.3 Å². The quantitative estimate of drug-likeness (QED) is 0.328. The van der Waals surface area contributed by atoms with Crippen molar-refractivity contribution in [3.05, 3.63) is 53.8 Å². The van der Waals surface area contributed by atoms with Crippen molar-refractivity contribution in [1.82, 2.24) is 15.1 Å². The molecule has 5 amide bonds. The average molecular weight is 630 g/mol. The van der Waals surface area contributed by atoms with Gasteiger partial charge in [-0.25, -0.2) is 14.0 Å². The second kappa shape index (κ2) is 17.0. The number of hydrogen-bond acceptors (Lipinski definition) is 6. The van der Waals surface area contributed by atoms with E-state index in [0.29, 0.717) is 30.3 Å². The average Bonchev–Trinajstić information content (AvgIpc) is 2.99. The molecule has 248 valence electrons. The number of benzene rings is 2. The van der Waals surface area contributed by atoms with Crippen LogP contribution in [0.2, 0.25) is 0 Å². The number of carbonyl (C=O) groups is 3. The van der Waals surface area contributed by atoms with Crippen LogP contribution < -0.4 is 20.7 Å². The van der Waals surface area contributed by atoms with Crippen LogP contribution in [-0.4, -0.2) is 90.5 Å². The highest BCUT2D eigenvalue weighted by Crippen LogP contribution is 2.28. The third-order valence-corrected chi connectivity index (χ3v) is 7.62. The lowest BCUT2D eigenvalue weighted by Crippen LogP contribution is -2.49. The van der Waals surface area contributed by atoms with Crippen molar-refractivity contribution in [3.8, 4) is 5.75 Å². The number of nitrogens with zero attached hydrogens (tertiary/aromatic N) is 2. The van der Waals surface area contributed by atoms with E-state index in [4.69, 9.17) is 9.47 Å². The van der Waals surface area contributed by atoms with Gasteiger partial charge in [-0.2, -0.15) is 0 Å². The van der Waals surface area contributed by atoms with Gasteiger partial charge in [-0.15, -0.1) is 0 Å². The van der Waals surface area contributed by atoms with E-state index in [1.165, 1.54) is 24.3 Å². The number of aliphatic hydroxyl groups is 1. The Bertz CT molecular complexity index is 1280. The topological polar surface area (TPSA) is 132 Å². The lowest BCUT2D eigenvalue weighted by molar-refractivity contribution is -0.0122. The largest absolute Gasteiger partial charge is 0.490 e. The number of hydrogen-bond donors (Lipinski definition) is 4. The molecule has 0 bridgehead atoms. The first-order valence-corrected chi connectivity index (χ1v) is 15.6. The van der Waals surface area contributed by atoms with Crippen molar-refractivity contribution in [2.24, 2.45) is 5.92 Å². The predicted octanol–water partition coefficient (Wildman–Crippen LogP) is 5.32. The van der Waals surface area contributed by atoms with Crippen molar-refractivity contribution in [1.29, 1.82) is 0 Å². The number of amides is 5. The number of aliphatic hydroxyl groups excluding tert-OH is 1. The van der Waals surface area contributed by atoms with Crippen LogP contribution in [0, 0.1) is 11.7 Å². The number of anilines is 2. The summed E-state index contributed by atoms with van der Waals surface area (Å²) in [5, 5.41) is 18.4. The SMILES string of the molecule is CC(C)NC(=O)N(C)C[C@H]1OCCCC[C@H](C)Oc2ccc(NC(=O)Nc3ccc(F)cc3)cc2C(=O)N([C@@H](C)CO)C[C@H]1C. The normalized spacial score (nSPS) is 20.3. The van der Waals surface area contributed by atoms with E-state index < -0.39 is 17.9 Å². The minimum absolute atomic E-state index is 0.0153. The van der Waals surface area contributed by atoms with Gasteiger partial charge in [0.2, 0.25) is 0 Å². The minimum atomic E-state index is -0.566. The number of nitrogens with one attached hydrogen (secondary N) is 3. The van der Waals surface area contributed by atoms with Gasteiger partial charge < -0.3 is 40.3 Å². The molecule has 0 saturated heterocycles. The highest BCUT2D eigenvalue weighted by atomic mass is 19.1. The first-order chi connectivity index (χ1) is 21.4. The summed E-state index contributed by atoms with van der Waals surface area (Å²) < 4.78 is 25.8. The van der Waals surface area contributed by atoms with Gasteiger partial charge >= 0.3 is 12.1 Å². The number of carbonyl (C=O) groups excluding carboxylic acids is 3. The zero-order chi connectivity index (χ0) is 33.1. The van der Waals surface area contributed by atoms with Crippen LogP contribution >= 0.6 is 0 Å². The lowest BCUT2D eigenvalue weighted by atomic mass is 10.0. The highest BCUT2D eigenvalue weighted by Gasteiger charge is 2.31. The molecule has 0 radical (unpaired) electrons. The molecule has 2 aromatic rings. The summed E-state index contributed by atoms with van der Waals surface area (Å²) in [6, 6.07) is 8.89. The summed E-state index contributed by atoms with van der Waals surface area (Å²) in [5.41, 5.74) is 0.987. The molecule has 12 heteroatoms. The van der Waals surface area contributed by atoms with E-state index in [2.05, 4.69) is 16.0 Å². The zero-order valence-electron chi connectivity index (χ0n) is 27.1. The van der Waals surface area contributed by atoms with Crippen molar-refractivity contribution < 1.29 is 33.4 Å². The van der Waals surface area contributed by atoms with Gasteiger partial charge in [0.15, 0.2) is 0 Å². The number of likely N-dealkylation sites (N-methyl/N-ethyl adjacent to an activating group) is 1. The smallest absolute Gasteiger partial charge is 0.323 e. The fourth-order valence-electron chi connectivity index (χ4n) is 5.00. The molecule has 3 rings (SSSR count). The number of ether oxygens (including phenoxy) is 2. The van der Waals surface area contributed by atoms with Crippen molar-refractivity contribution in [2.75, 3.05) is 44.0 Å². The third kappa shape index (κ3) is 10.9. The molecule has 45 heavy (non-hydrogen) atoms. The molecule has 4 atom stereocenters. The summed E-state index contributed by atoms with van der Waals surface area (Å²) in [6.07, 6.45) is 1.79. The summed E-state index contributed by atoms with van der Waals surface area (Å²) in [7, 11) is 1.72. The minimum Gasteiger partial charge on any atom is -0.490 e. The van der Waals surface area contributed by atoms with Crippen LogP contribution in [0.15, 0.2) is 42.5 Å². The molecular formula is C33H48FN5O6. The van der Waals surface area contributed by atoms with Crippen molar-refractivity contribution in [3.63, 3.8) is 0 Å². The van der Waals surface area contributed by atoms with Crippen LogP contribution in [0.5, 0.6) is 5.75 Å². The zero-order valence-corrected chi connectivity index (χ0v) is 27.1. The molecule has 0 aromatic heterocycles. The molecule has 11 nitrogen and oxygen atoms in total. The lowest BCUT2D eigenvalue weighted by Gasteiger charge is -2.36. The van der Waals surface area contributed by atoms with Crippen LogP contribution in [0.25, 0.3) is 0 Å². The van der Waals surface area contributed by atoms with Crippen LogP contribution in [0.3, 0.4) is 0 Å². The Morgan fingerprint density at radius 1 is 1.07 bits per heavy atom. The maximum absolute atomic E-state index is 14.2. The van der Waals surface area contributed by atoms with Gasteiger partial charge in [0.25, 0.3) is 5.91 Å². The summed E-state index contributed by atoms with van der Waals surface area (Å²) in [4.78, 5) is 42.8. The molecule has 2 aromatic carbocycles. The Hall–Kier alpha value is -3.90. The highest BCUT2D eigenvalue weighted by molar-refractivity contribution is 6.02. The maximum atomic E-state index is 14.2. The van der Waals surface area contributed by atoms with E-state index in [1.54, 1.807) is 42.0 Å². The monoisotopic (exact) mass is 629 g/mol. The molecule has 0 saturated carbocycles. The summed E-state index contributed by atoms with van der Waals surface area (Å²) >= 11 is 0. The maximum Gasteiger partial charge on any atom is 0.323 e. The fourth-order valence-corrected chi connectivity index (χ4v) is 5.00. The van der Waals surface area contributed by atoms with E-state index >= 15 is 0 Å². The molecule has 1 heterocycles. The van der Waals surface area contributed by atoms with E-state index in [0.717, 1.165) is 19.3 Å². The molecule has 1 aliphatic heterocycles. The molecule has 0 aliphatic carbocycles. The third-order valence-electron chi connectivity index (χ3n) is 7.62. The Labute approximate surface area is 265 Å². The number of rotatable bonds is 7. The van der Waals surface area contributed by atoms with Gasteiger partial charge in [-0.1, -0.05) is 6.92 Å². The molecule has 4 N–H and O–H groups in total. The Morgan fingerprint density at radius 3 is 2.40 bits per heavy atom. The summed E-state index contributed by atoms with van der Waals surface area (Å²) in [6.45, 7) is 10.2. The van der Waals surface area contributed by atoms with Gasteiger partial charge in [0.05, 0.1) is 30.4 Å². The van der Waals surface area contributed by atoms with Crippen LogP contribution in [-0.2, 0) is 4.74 Å². The second-order valence-corrected chi connectivity index (χ2v) is 12.1. The second-order valence-electron chi connectivity index (χ2n) is 12.1. The molecule has 0 fully saturated rings. The Kier molecular flexibility index (Phi) is 13.4. The van der Waals surface area contributed by atoms with Gasteiger partial charge in [-0.05, 0) is 89.4 Å². The first-order valence-electron chi connectivity index (χ1n) is 15.6. The Balaban J connectivity index is 1.91. The van der Waals surface area contributed by atoms with E-state index in [9.17, 15) is 23.9 Å². The molecule has 0 spiro atoms. The molecular weight excluding hydrogens is 581 g/mol.